The summed E-state index contributed by atoms with van der Waals surface area (Å²) < 4.78 is 0.897. The van der Waals surface area contributed by atoms with Crippen molar-refractivity contribution in [2.24, 2.45) is 0 Å². The van der Waals surface area contributed by atoms with Gasteiger partial charge in [-0.05, 0) is 18.2 Å². The minimum absolute atomic E-state index is 0.597. The molecule has 0 aliphatic carbocycles. The molecule has 0 bridgehead atoms. The van der Waals surface area contributed by atoms with Gasteiger partial charge >= 0.3 is 0 Å². The smallest absolute Gasteiger partial charge is 0.178 e. The minimum Gasteiger partial charge on any atom is -0.397 e. The van der Waals surface area contributed by atoms with Gasteiger partial charge in [0.2, 0.25) is 0 Å². The zero-order chi connectivity index (χ0) is 9.97. The van der Waals surface area contributed by atoms with E-state index < -0.39 is 0 Å². The highest BCUT2D eigenvalue weighted by Gasteiger charge is 2.02. The molecule has 0 atom stereocenters. The third-order valence-electron chi connectivity index (χ3n) is 1.60. The molecule has 72 valence electrons. The molecule has 0 saturated heterocycles. The first-order chi connectivity index (χ1) is 6.75. The van der Waals surface area contributed by atoms with Crippen LogP contribution in [0.2, 0.25) is 0 Å². The molecule has 0 aliphatic rings. The van der Waals surface area contributed by atoms with Gasteiger partial charge in [0.1, 0.15) is 5.51 Å². The second-order valence-corrected chi connectivity index (χ2v) is 4.75. The monoisotopic (exact) mass is 224 g/mol. The van der Waals surface area contributed by atoms with Crippen LogP contribution < -0.4 is 11.5 Å². The lowest BCUT2D eigenvalue weighted by atomic mass is 10.3. The molecule has 1 aromatic heterocycles. The maximum Gasteiger partial charge on any atom is 0.178 e. The molecule has 0 saturated carbocycles. The van der Waals surface area contributed by atoms with Crippen LogP contribution in [-0.2, 0) is 0 Å². The van der Waals surface area contributed by atoms with Gasteiger partial charge in [-0.2, -0.15) is 0 Å². The summed E-state index contributed by atoms with van der Waals surface area (Å²) in [4.78, 5) is 1.02. The van der Waals surface area contributed by atoms with E-state index in [-0.39, 0.29) is 0 Å². The van der Waals surface area contributed by atoms with Crippen LogP contribution in [0.3, 0.4) is 0 Å². The van der Waals surface area contributed by atoms with Gasteiger partial charge in [-0.25, -0.2) is 0 Å². The van der Waals surface area contributed by atoms with Crippen molar-refractivity contribution in [3.63, 3.8) is 0 Å². The zero-order valence-corrected chi connectivity index (χ0v) is 8.81. The van der Waals surface area contributed by atoms with E-state index in [1.807, 2.05) is 12.1 Å². The Balaban J connectivity index is 2.22. The van der Waals surface area contributed by atoms with Gasteiger partial charge in [0, 0.05) is 4.90 Å². The normalized spacial score (nSPS) is 10.3. The molecule has 0 fully saturated rings. The lowest BCUT2D eigenvalue weighted by molar-refractivity contribution is 1.01. The molecular weight excluding hydrogens is 216 g/mol. The molecule has 14 heavy (non-hydrogen) atoms. The minimum atomic E-state index is 0.597. The number of rotatable bonds is 2. The van der Waals surface area contributed by atoms with Crippen LogP contribution in [0.1, 0.15) is 0 Å². The topological polar surface area (TPSA) is 77.8 Å². The van der Waals surface area contributed by atoms with Crippen molar-refractivity contribution >= 4 is 34.5 Å². The Morgan fingerprint density at radius 3 is 2.71 bits per heavy atom. The van der Waals surface area contributed by atoms with Crippen molar-refractivity contribution in [1.29, 1.82) is 0 Å². The average Bonchev–Trinajstić information content (AvgIpc) is 2.64. The summed E-state index contributed by atoms with van der Waals surface area (Å²) in [6, 6.07) is 5.54. The van der Waals surface area contributed by atoms with E-state index >= 15 is 0 Å². The van der Waals surface area contributed by atoms with Gasteiger partial charge in [-0.1, -0.05) is 23.1 Å². The average molecular weight is 224 g/mol. The number of nitrogen functional groups attached to an aromatic ring is 2. The maximum atomic E-state index is 5.68. The van der Waals surface area contributed by atoms with E-state index in [4.69, 9.17) is 11.5 Å². The molecule has 2 aromatic rings. The van der Waals surface area contributed by atoms with Crippen LogP contribution in [0.4, 0.5) is 11.4 Å². The SMILES string of the molecule is Nc1ccc(Sc2nncs2)cc1N. The van der Waals surface area contributed by atoms with Crippen molar-refractivity contribution < 1.29 is 0 Å². The van der Waals surface area contributed by atoms with Gasteiger partial charge in [0.05, 0.1) is 11.4 Å². The lowest BCUT2D eigenvalue weighted by Gasteiger charge is -2.01. The van der Waals surface area contributed by atoms with Gasteiger partial charge in [0.15, 0.2) is 4.34 Å². The number of nitrogens with two attached hydrogens (primary N) is 2. The predicted octanol–water partition coefficient (Wildman–Crippen LogP) is 1.85. The van der Waals surface area contributed by atoms with Gasteiger partial charge in [-0.15, -0.1) is 10.2 Å². The first kappa shape index (κ1) is 9.29. The second-order valence-electron chi connectivity index (χ2n) is 2.60. The first-order valence-corrected chi connectivity index (χ1v) is 5.54. The van der Waals surface area contributed by atoms with E-state index in [0.717, 1.165) is 9.24 Å². The number of aromatic nitrogens is 2. The number of nitrogens with zero attached hydrogens (tertiary/aromatic N) is 2. The molecule has 4 nitrogen and oxygen atoms in total. The van der Waals surface area contributed by atoms with Crippen LogP contribution in [0, 0.1) is 0 Å². The van der Waals surface area contributed by atoms with Crippen molar-refractivity contribution in [1.82, 2.24) is 10.2 Å². The summed E-state index contributed by atoms with van der Waals surface area (Å²) in [7, 11) is 0. The summed E-state index contributed by atoms with van der Waals surface area (Å²) in [5, 5.41) is 7.67. The Kier molecular flexibility index (Phi) is 2.55. The molecule has 1 aromatic carbocycles. The molecule has 0 amide bonds. The van der Waals surface area contributed by atoms with Crippen molar-refractivity contribution in [3.8, 4) is 0 Å². The molecule has 0 spiro atoms. The first-order valence-electron chi connectivity index (χ1n) is 3.85. The Hall–Kier alpha value is -1.27. The van der Waals surface area contributed by atoms with Crippen molar-refractivity contribution in [3.05, 3.63) is 23.7 Å². The molecule has 1 heterocycles. The van der Waals surface area contributed by atoms with Crippen LogP contribution in [-0.4, -0.2) is 10.2 Å². The van der Waals surface area contributed by atoms with E-state index in [9.17, 15) is 0 Å². The maximum absolute atomic E-state index is 5.68. The highest BCUT2D eigenvalue weighted by molar-refractivity contribution is 8.01. The number of benzene rings is 1. The van der Waals surface area contributed by atoms with Crippen LogP contribution >= 0.6 is 23.1 Å². The molecule has 0 unspecified atom stereocenters. The highest BCUT2D eigenvalue weighted by atomic mass is 32.2. The van der Waals surface area contributed by atoms with Crippen LogP contribution in [0.15, 0.2) is 32.9 Å². The summed E-state index contributed by atoms with van der Waals surface area (Å²) >= 11 is 3.02. The van der Waals surface area contributed by atoms with Crippen molar-refractivity contribution in [2.45, 2.75) is 9.24 Å². The predicted molar refractivity (Wildman–Crippen MR) is 59.3 cm³/mol. The van der Waals surface area contributed by atoms with E-state index in [1.54, 1.807) is 11.6 Å². The van der Waals surface area contributed by atoms with Gasteiger partial charge < -0.3 is 11.5 Å². The van der Waals surface area contributed by atoms with E-state index in [2.05, 4.69) is 10.2 Å². The molecule has 4 N–H and O–H groups in total. The van der Waals surface area contributed by atoms with Crippen LogP contribution in [0.5, 0.6) is 0 Å². The Labute approximate surface area is 89.3 Å². The van der Waals surface area contributed by atoms with E-state index in [0.29, 0.717) is 11.4 Å². The fraction of sp³-hybridized carbons (Fsp3) is 0. The zero-order valence-electron chi connectivity index (χ0n) is 7.18. The fourth-order valence-electron chi connectivity index (χ4n) is 0.925. The fourth-order valence-corrected chi connectivity index (χ4v) is 2.43. The molecule has 0 radical (unpaired) electrons. The lowest BCUT2D eigenvalue weighted by Crippen LogP contribution is -1.93. The number of hydrogen-bond acceptors (Lipinski definition) is 6. The Bertz CT molecular complexity index is 427. The largest absolute Gasteiger partial charge is 0.397 e. The summed E-state index contributed by atoms with van der Waals surface area (Å²) in [6.07, 6.45) is 0. The molecule has 2 rings (SSSR count). The molecule has 0 aliphatic heterocycles. The van der Waals surface area contributed by atoms with Gasteiger partial charge in [-0.3, -0.25) is 0 Å². The van der Waals surface area contributed by atoms with Gasteiger partial charge in [0.25, 0.3) is 0 Å². The third kappa shape index (κ3) is 1.97. The summed E-state index contributed by atoms with van der Waals surface area (Å²) in [5.74, 6) is 0. The molecular formula is C8H8N4S2. The quantitative estimate of drug-likeness (QED) is 0.761. The number of hydrogen-bond donors (Lipinski definition) is 2. The third-order valence-corrected chi connectivity index (χ3v) is 3.37. The van der Waals surface area contributed by atoms with Crippen LogP contribution in [0.25, 0.3) is 0 Å². The van der Waals surface area contributed by atoms with Crippen molar-refractivity contribution in [2.75, 3.05) is 11.5 Å². The Morgan fingerprint density at radius 1 is 1.21 bits per heavy atom. The van der Waals surface area contributed by atoms with E-state index in [1.165, 1.54) is 23.1 Å². The highest BCUT2D eigenvalue weighted by Crippen LogP contribution is 2.31. The second kappa shape index (κ2) is 3.85. The standard InChI is InChI=1S/C8H8N4S2/c9-6-2-1-5(3-7(6)10)14-8-12-11-4-13-8/h1-4H,9-10H2. The molecule has 6 heteroatoms. The summed E-state index contributed by atoms with van der Waals surface area (Å²) in [6.45, 7) is 0. The number of anilines is 2. The Morgan fingerprint density at radius 2 is 2.07 bits per heavy atom. The summed E-state index contributed by atoms with van der Waals surface area (Å²) in [5.41, 5.74) is 14.2.